The molecule has 0 spiro atoms. The van der Waals surface area contributed by atoms with Crippen LogP contribution in [-0.2, 0) is 0 Å². The molecule has 0 aliphatic carbocycles. The molecule has 0 aromatic rings. The van der Waals surface area contributed by atoms with Crippen molar-refractivity contribution in [1.29, 1.82) is 0 Å². The van der Waals surface area contributed by atoms with Gasteiger partial charge in [-0.05, 0) is 25.8 Å². The fourth-order valence-electron chi connectivity index (χ4n) is 2.88. The van der Waals surface area contributed by atoms with Crippen molar-refractivity contribution in [3.63, 3.8) is 0 Å². The Bertz CT molecular complexity index is 167. The van der Waals surface area contributed by atoms with Gasteiger partial charge < -0.3 is 15.5 Å². The lowest BCUT2D eigenvalue weighted by Gasteiger charge is -2.20. The van der Waals surface area contributed by atoms with Gasteiger partial charge in [-0.15, -0.1) is 0 Å². The highest BCUT2D eigenvalue weighted by Crippen LogP contribution is 2.29. The van der Waals surface area contributed by atoms with Gasteiger partial charge in [0.1, 0.15) is 0 Å². The summed E-state index contributed by atoms with van der Waals surface area (Å²) in [5, 5.41) is 0. The molecule has 3 atom stereocenters. The molecule has 76 valence electrons. The summed E-state index contributed by atoms with van der Waals surface area (Å²) in [6, 6.07) is 0.330. The van der Waals surface area contributed by atoms with Crippen LogP contribution >= 0.6 is 0 Å². The van der Waals surface area contributed by atoms with Gasteiger partial charge in [-0.2, -0.15) is 0 Å². The minimum Gasteiger partial charge on any atom is -0.327 e. The van der Waals surface area contributed by atoms with Crippen molar-refractivity contribution < 1.29 is 0 Å². The van der Waals surface area contributed by atoms with Gasteiger partial charge in [0.05, 0.1) is 0 Å². The van der Waals surface area contributed by atoms with Crippen molar-refractivity contribution in [2.75, 3.05) is 39.8 Å². The average Bonchev–Trinajstić information content (AvgIpc) is 2.41. The normalized spacial score (nSPS) is 38.1. The van der Waals surface area contributed by atoms with Gasteiger partial charge in [0.15, 0.2) is 0 Å². The van der Waals surface area contributed by atoms with Crippen LogP contribution in [0, 0.1) is 11.8 Å². The van der Waals surface area contributed by atoms with Gasteiger partial charge in [-0.25, -0.2) is 0 Å². The van der Waals surface area contributed by atoms with Crippen LogP contribution in [0.4, 0.5) is 0 Å². The maximum Gasteiger partial charge on any atom is 0.0139 e. The molecule has 3 nitrogen and oxygen atoms in total. The Labute approximate surface area is 80.9 Å². The molecule has 0 aromatic heterocycles. The third kappa shape index (κ3) is 2.03. The monoisotopic (exact) mass is 183 g/mol. The minimum atomic E-state index is 0.330. The molecule has 2 saturated heterocycles. The predicted octanol–water partition coefficient (Wildman–Crippen LogP) is -0.173. The van der Waals surface area contributed by atoms with Crippen LogP contribution in [0.15, 0.2) is 0 Å². The number of fused-ring (bicyclic) bond motifs is 1. The first-order chi connectivity index (χ1) is 6.15. The molecular weight excluding hydrogens is 162 g/mol. The fourth-order valence-corrected chi connectivity index (χ4v) is 2.88. The molecule has 0 aromatic carbocycles. The average molecular weight is 183 g/mol. The van der Waals surface area contributed by atoms with Crippen LogP contribution in [0.2, 0.25) is 0 Å². The zero-order valence-corrected chi connectivity index (χ0v) is 8.74. The van der Waals surface area contributed by atoms with E-state index in [0.717, 1.165) is 18.4 Å². The summed E-state index contributed by atoms with van der Waals surface area (Å²) in [6.45, 7) is 8.31. The minimum absolute atomic E-state index is 0.330. The van der Waals surface area contributed by atoms with Gasteiger partial charge in [0.2, 0.25) is 0 Å². The van der Waals surface area contributed by atoms with E-state index in [9.17, 15) is 0 Å². The maximum absolute atomic E-state index is 5.80. The molecule has 2 N–H and O–H groups in total. The molecule has 2 aliphatic rings. The zero-order chi connectivity index (χ0) is 9.42. The van der Waals surface area contributed by atoms with Gasteiger partial charge >= 0.3 is 0 Å². The molecule has 2 aliphatic heterocycles. The number of rotatable bonds is 2. The summed E-state index contributed by atoms with van der Waals surface area (Å²) in [6.07, 6.45) is 0. The van der Waals surface area contributed by atoms with E-state index in [-0.39, 0.29) is 0 Å². The standard InChI is InChI=1S/C10H21N3/c1-8(11)3-13-6-9-4-12(2)5-10(9)7-13/h8-10H,3-7,11H2,1-2H3. The number of nitrogens with two attached hydrogens (primary N) is 1. The Morgan fingerprint density at radius 3 is 2.23 bits per heavy atom. The molecule has 0 radical (unpaired) electrons. The van der Waals surface area contributed by atoms with E-state index in [4.69, 9.17) is 5.73 Å². The molecule has 0 bridgehead atoms. The molecular formula is C10H21N3. The zero-order valence-electron chi connectivity index (χ0n) is 8.74. The number of hydrogen-bond donors (Lipinski definition) is 1. The summed E-state index contributed by atoms with van der Waals surface area (Å²) >= 11 is 0. The fraction of sp³-hybridized carbons (Fsp3) is 1.00. The van der Waals surface area contributed by atoms with E-state index in [1.165, 1.54) is 26.2 Å². The summed E-state index contributed by atoms with van der Waals surface area (Å²) in [5.41, 5.74) is 5.80. The Balaban J connectivity index is 1.83. The first-order valence-corrected chi connectivity index (χ1v) is 5.31. The van der Waals surface area contributed by atoms with E-state index >= 15 is 0 Å². The second-order valence-electron chi connectivity index (χ2n) is 4.94. The first kappa shape index (κ1) is 9.44. The summed E-state index contributed by atoms with van der Waals surface area (Å²) < 4.78 is 0. The Morgan fingerprint density at radius 1 is 1.23 bits per heavy atom. The summed E-state index contributed by atoms with van der Waals surface area (Å²) in [4.78, 5) is 4.99. The second-order valence-corrected chi connectivity index (χ2v) is 4.94. The number of nitrogens with zero attached hydrogens (tertiary/aromatic N) is 2. The highest BCUT2D eigenvalue weighted by Gasteiger charge is 2.38. The van der Waals surface area contributed by atoms with Crippen molar-refractivity contribution in [3.05, 3.63) is 0 Å². The van der Waals surface area contributed by atoms with E-state index in [1.807, 2.05) is 0 Å². The molecule has 2 heterocycles. The SMILES string of the molecule is CC(N)CN1CC2CN(C)CC2C1. The maximum atomic E-state index is 5.80. The van der Waals surface area contributed by atoms with E-state index in [2.05, 4.69) is 23.8 Å². The lowest BCUT2D eigenvalue weighted by atomic mass is 10.0. The van der Waals surface area contributed by atoms with Gasteiger partial charge in [0, 0.05) is 38.8 Å². The molecule has 2 fully saturated rings. The smallest absolute Gasteiger partial charge is 0.0139 e. The third-order valence-corrected chi connectivity index (χ3v) is 3.29. The predicted molar refractivity (Wildman–Crippen MR) is 54.6 cm³/mol. The van der Waals surface area contributed by atoms with Crippen molar-refractivity contribution in [2.24, 2.45) is 17.6 Å². The van der Waals surface area contributed by atoms with Crippen molar-refractivity contribution >= 4 is 0 Å². The number of hydrogen-bond acceptors (Lipinski definition) is 3. The molecule has 3 heteroatoms. The van der Waals surface area contributed by atoms with Gasteiger partial charge in [-0.3, -0.25) is 0 Å². The molecule has 2 rings (SSSR count). The van der Waals surface area contributed by atoms with Crippen LogP contribution in [0.5, 0.6) is 0 Å². The number of likely N-dealkylation sites (tertiary alicyclic amines) is 2. The third-order valence-electron chi connectivity index (χ3n) is 3.29. The van der Waals surface area contributed by atoms with Gasteiger partial charge in [0.25, 0.3) is 0 Å². The van der Waals surface area contributed by atoms with Crippen molar-refractivity contribution in [1.82, 2.24) is 9.80 Å². The lowest BCUT2D eigenvalue weighted by molar-refractivity contribution is 0.268. The Hall–Kier alpha value is -0.120. The van der Waals surface area contributed by atoms with Crippen LogP contribution < -0.4 is 5.73 Å². The van der Waals surface area contributed by atoms with Crippen LogP contribution in [0.25, 0.3) is 0 Å². The van der Waals surface area contributed by atoms with Crippen LogP contribution in [0.1, 0.15) is 6.92 Å². The Morgan fingerprint density at radius 2 is 1.77 bits per heavy atom. The first-order valence-electron chi connectivity index (χ1n) is 5.31. The van der Waals surface area contributed by atoms with Crippen molar-refractivity contribution in [2.45, 2.75) is 13.0 Å². The molecule has 0 amide bonds. The van der Waals surface area contributed by atoms with E-state index in [0.29, 0.717) is 6.04 Å². The van der Waals surface area contributed by atoms with Crippen LogP contribution in [0.3, 0.4) is 0 Å². The van der Waals surface area contributed by atoms with Gasteiger partial charge in [-0.1, -0.05) is 0 Å². The van der Waals surface area contributed by atoms with Crippen molar-refractivity contribution in [3.8, 4) is 0 Å². The van der Waals surface area contributed by atoms with E-state index in [1.54, 1.807) is 0 Å². The largest absolute Gasteiger partial charge is 0.327 e. The van der Waals surface area contributed by atoms with E-state index < -0.39 is 0 Å². The molecule has 3 unspecified atom stereocenters. The molecule has 13 heavy (non-hydrogen) atoms. The molecule has 0 saturated carbocycles. The highest BCUT2D eigenvalue weighted by molar-refractivity contribution is 4.92. The lowest BCUT2D eigenvalue weighted by Crippen LogP contribution is -2.36. The Kier molecular flexibility index (Phi) is 2.58. The quantitative estimate of drug-likeness (QED) is 0.645. The summed E-state index contributed by atoms with van der Waals surface area (Å²) in [7, 11) is 2.23. The highest BCUT2D eigenvalue weighted by atomic mass is 15.2. The van der Waals surface area contributed by atoms with Crippen LogP contribution in [-0.4, -0.2) is 55.6 Å². The summed E-state index contributed by atoms with van der Waals surface area (Å²) in [5.74, 6) is 1.84. The topological polar surface area (TPSA) is 32.5 Å². The second kappa shape index (κ2) is 3.56.